The third-order valence-corrected chi connectivity index (χ3v) is 7.46. The number of nitrogens with zero attached hydrogens (tertiary/aromatic N) is 1. The predicted molar refractivity (Wildman–Crippen MR) is 120 cm³/mol. The van der Waals surface area contributed by atoms with E-state index in [1.54, 1.807) is 23.0 Å². The lowest BCUT2D eigenvalue weighted by molar-refractivity contribution is 0.409. The molecule has 1 heterocycles. The molecular weight excluding hydrogens is 394 g/mol. The molecule has 2 atom stereocenters. The number of benzene rings is 2. The summed E-state index contributed by atoms with van der Waals surface area (Å²) in [6, 6.07) is 19.0. The zero-order chi connectivity index (χ0) is 21.1. The summed E-state index contributed by atoms with van der Waals surface area (Å²) in [5.74, 6) is 0.367. The SMILES string of the molecule is CNC1CCc2ccc(CNS(=O)(=O)c3ccn(C)c3)cc2C1Cc1ccccc1. The Bertz CT molecular complexity index is 1110. The van der Waals surface area contributed by atoms with Crippen molar-refractivity contribution in [2.75, 3.05) is 7.05 Å². The van der Waals surface area contributed by atoms with Gasteiger partial charge in [0.25, 0.3) is 0 Å². The van der Waals surface area contributed by atoms with Crippen molar-refractivity contribution in [3.63, 3.8) is 0 Å². The van der Waals surface area contributed by atoms with E-state index >= 15 is 0 Å². The van der Waals surface area contributed by atoms with Crippen molar-refractivity contribution in [2.45, 2.75) is 42.7 Å². The Morgan fingerprint density at radius 1 is 1.07 bits per heavy atom. The van der Waals surface area contributed by atoms with Crippen LogP contribution in [0.3, 0.4) is 0 Å². The lowest BCUT2D eigenvalue weighted by Gasteiger charge is -2.34. The Hall–Kier alpha value is -2.41. The van der Waals surface area contributed by atoms with Crippen LogP contribution in [0.1, 0.15) is 34.6 Å². The molecular formula is C24H29N3O2S. The molecule has 4 rings (SSSR count). The third-order valence-electron chi connectivity index (χ3n) is 6.07. The minimum absolute atomic E-state index is 0.285. The smallest absolute Gasteiger partial charge is 0.242 e. The van der Waals surface area contributed by atoms with Crippen molar-refractivity contribution in [1.82, 2.24) is 14.6 Å². The molecule has 1 aliphatic rings. The molecule has 158 valence electrons. The minimum atomic E-state index is -3.52. The number of sulfonamides is 1. The molecule has 1 aromatic heterocycles. The van der Waals surface area contributed by atoms with Gasteiger partial charge in [-0.25, -0.2) is 13.1 Å². The maximum absolute atomic E-state index is 12.6. The molecule has 0 aliphatic heterocycles. The number of nitrogens with one attached hydrogen (secondary N) is 2. The van der Waals surface area contributed by atoms with Gasteiger partial charge in [-0.05, 0) is 54.6 Å². The molecule has 0 saturated heterocycles. The molecule has 0 bridgehead atoms. The monoisotopic (exact) mass is 423 g/mol. The molecule has 0 fully saturated rings. The van der Waals surface area contributed by atoms with Gasteiger partial charge in [-0.15, -0.1) is 0 Å². The van der Waals surface area contributed by atoms with Crippen LogP contribution < -0.4 is 10.0 Å². The highest BCUT2D eigenvalue weighted by molar-refractivity contribution is 7.89. The van der Waals surface area contributed by atoms with Crippen LogP contribution in [0.15, 0.2) is 71.9 Å². The second kappa shape index (κ2) is 8.76. The molecule has 5 nitrogen and oxygen atoms in total. The molecule has 2 unspecified atom stereocenters. The van der Waals surface area contributed by atoms with Gasteiger partial charge in [-0.2, -0.15) is 0 Å². The zero-order valence-electron chi connectivity index (χ0n) is 17.5. The van der Waals surface area contributed by atoms with Gasteiger partial charge in [-0.1, -0.05) is 48.5 Å². The van der Waals surface area contributed by atoms with Gasteiger partial charge < -0.3 is 9.88 Å². The van der Waals surface area contributed by atoms with Gasteiger partial charge in [-0.3, -0.25) is 0 Å². The van der Waals surface area contributed by atoms with Crippen LogP contribution in [0.25, 0.3) is 0 Å². The first-order chi connectivity index (χ1) is 14.5. The zero-order valence-corrected chi connectivity index (χ0v) is 18.3. The fraction of sp³-hybridized carbons (Fsp3) is 0.333. The van der Waals surface area contributed by atoms with Crippen molar-refractivity contribution in [3.05, 3.63) is 89.2 Å². The lowest BCUT2D eigenvalue weighted by atomic mass is 9.75. The first kappa shape index (κ1) is 20.8. The highest BCUT2D eigenvalue weighted by atomic mass is 32.2. The Labute approximate surface area is 179 Å². The highest BCUT2D eigenvalue weighted by Gasteiger charge is 2.29. The number of aromatic nitrogens is 1. The van der Waals surface area contributed by atoms with Gasteiger partial charge >= 0.3 is 0 Å². The number of rotatable bonds is 7. The molecule has 0 amide bonds. The molecule has 0 spiro atoms. The molecule has 6 heteroatoms. The summed E-state index contributed by atoms with van der Waals surface area (Å²) in [6.07, 6.45) is 6.48. The quantitative estimate of drug-likeness (QED) is 0.613. The van der Waals surface area contributed by atoms with Crippen molar-refractivity contribution >= 4 is 10.0 Å². The number of hydrogen-bond acceptors (Lipinski definition) is 3. The van der Waals surface area contributed by atoms with Crippen molar-refractivity contribution < 1.29 is 8.42 Å². The summed E-state index contributed by atoms with van der Waals surface area (Å²) in [7, 11) is 0.327. The number of fused-ring (bicyclic) bond motifs is 1. The third kappa shape index (κ3) is 4.51. The normalized spacial score (nSPS) is 18.9. The summed E-state index contributed by atoms with van der Waals surface area (Å²) in [4.78, 5) is 0.292. The molecule has 2 aromatic carbocycles. The molecule has 1 aliphatic carbocycles. The largest absolute Gasteiger partial charge is 0.356 e. The number of hydrogen-bond donors (Lipinski definition) is 2. The first-order valence-electron chi connectivity index (χ1n) is 10.4. The van der Waals surface area contributed by atoms with Crippen molar-refractivity contribution in [1.29, 1.82) is 0 Å². The highest BCUT2D eigenvalue weighted by Crippen LogP contribution is 2.35. The van der Waals surface area contributed by atoms with Crippen molar-refractivity contribution in [3.8, 4) is 0 Å². The Balaban J connectivity index is 1.57. The average molecular weight is 424 g/mol. The molecule has 30 heavy (non-hydrogen) atoms. The Morgan fingerprint density at radius 3 is 2.57 bits per heavy atom. The summed E-state index contributed by atoms with van der Waals surface area (Å²) in [5.41, 5.74) is 5.02. The minimum Gasteiger partial charge on any atom is -0.356 e. The van der Waals surface area contributed by atoms with E-state index in [-0.39, 0.29) is 6.54 Å². The van der Waals surface area contributed by atoms with E-state index in [4.69, 9.17) is 0 Å². The van der Waals surface area contributed by atoms with E-state index in [0.717, 1.165) is 24.8 Å². The van der Waals surface area contributed by atoms with E-state index < -0.39 is 10.0 Å². The van der Waals surface area contributed by atoms with Crippen LogP contribution in [-0.2, 0) is 36.5 Å². The van der Waals surface area contributed by atoms with E-state index in [0.29, 0.717) is 16.9 Å². The topological polar surface area (TPSA) is 63.1 Å². The maximum Gasteiger partial charge on any atom is 0.242 e. The van der Waals surface area contributed by atoms with Crippen molar-refractivity contribution in [2.24, 2.45) is 7.05 Å². The molecule has 3 aromatic rings. The first-order valence-corrected chi connectivity index (χ1v) is 11.9. The summed E-state index contributed by atoms with van der Waals surface area (Å²) >= 11 is 0. The average Bonchev–Trinajstić information content (AvgIpc) is 3.21. The van der Waals surface area contributed by atoms with E-state index in [2.05, 4.69) is 46.4 Å². The summed E-state index contributed by atoms with van der Waals surface area (Å²) in [6.45, 7) is 0.285. The molecule has 0 radical (unpaired) electrons. The van der Waals surface area contributed by atoms with Gasteiger partial charge in [0.15, 0.2) is 0 Å². The van der Waals surface area contributed by atoms with Crippen LogP contribution in [-0.4, -0.2) is 26.1 Å². The van der Waals surface area contributed by atoms with E-state index in [1.165, 1.54) is 16.7 Å². The van der Waals surface area contributed by atoms with Gasteiger partial charge in [0.1, 0.15) is 0 Å². The van der Waals surface area contributed by atoms with Crippen LogP contribution >= 0.6 is 0 Å². The van der Waals surface area contributed by atoms with Gasteiger partial charge in [0, 0.05) is 37.9 Å². The van der Waals surface area contributed by atoms with Gasteiger partial charge in [0.2, 0.25) is 10.0 Å². The van der Waals surface area contributed by atoms with E-state index in [9.17, 15) is 8.42 Å². The fourth-order valence-corrected chi connectivity index (χ4v) is 5.49. The Morgan fingerprint density at radius 2 is 1.87 bits per heavy atom. The maximum atomic E-state index is 12.6. The number of aryl methyl sites for hydroxylation is 2. The molecule has 2 N–H and O–H groups in total. The lowest BCUT2D eigenvalue weighted by Crippen LogP contribution is -2.37. The van der Waals surface area contributed by atoms with Gasteiger partial charge in [0.05, 0.1) is 4.90 Å². The second-order valence-corrected chi connectivity index (χ2v) is 9.87. The fourth-order valence-electron chi connectivity index (χ4n) is 4.42. The molecule has 0 saturated carbocycles. The second-order valence-electron chi connectivity index (χ2n) is 8.10. The van der Waals surface area contributed by atoms with E-state index in [1.807, 2.05) is 26.2 Å². The number of likely N-dealkylation sites (N-methyl/N-ethyl adjacent to an activating group) is 1. The predicted octanol–water partition coefficient (Wildman–Crippen LogP) is 3.36. The van der Waals surface area contributed by atoms with Crippen LogP contribution in [0.4, 0.5) is 0 Å². The van der Waals surface area contributed by atoms with Crippen LogP contribution in [0, 0.1) is 0 Å². The summed E-state index contributed by atoms with van der Waals surface area (Å²) in [5, 5.41) is 3.50. The Kier molecular flexibility index (Phi) is 6.09. The van der Waals surface area contributed by atoms with Crippen LogP contribution in [0.2, 0.25) is 0 Å². The summed E-state index contributed by atoms with van der Waals surface area (Å²) < 4.78 is 29.6. The van der Waals surface area contributed by atoms with Crippen LogP contribution in [0.5, 0.6) is 0 Å². The standard InChI is InChI=1S/C24H29N3O2S/c1-25-24-11-10-20-9-8-19(16-26-30(28,29)21-12-13-27(2)17-21)15-22(20)23(24)14-18-6-4-3-5-7-18/h3-9,12-13,15,17,23-26H,10-11,14,16H2,1-2H3.